The largest absolute Gasteiger partial charge is 0.392 e. The van der Waals surface area contributed by atoms with E-state index in [1.54, 1.807) is 25.5 Å². The van der Waals surface area contributed by atoms with E-state index in [0.717, 1.165) is 10.6 Å². The molecule has 1 aromatic heterocycles. The minimum atomic E-state index is -2.41. The number of nitrogens with one attached hydrogen (secondary N) is 1. The van der Waals surface area contributed by atoms with Gasteiger partial charge in [-0.1, -0.05) is 12.2 Å². The molecule has 2 N–H and O–H groups in total. The molecule has 8 nitrogen and oxygen atoms in total. The number of rotatable bonds is 10. The van der Waals surface area contributed by atoms with Crippen molar-refractivity contribution in [3.05, 3.63) is 57.6 Å². The molecule has 0 aliphatic carbocycles. The molecule has 24 heavy (non-hydrogen) atoms. The lowest BCUT2D eigenvalue weighted by atomic mass is 10.3. The van der Waals surface area contributed by atoms with Gasteiger partial charge in [0.1, 0.15) is 13.2 Å². The lowest BCUT2D eigenvalue weighted by Gasteiger charge is -2.23. The third-order valence-electron chi connectivity index (χ3n) is 2.83. The molecule has 0 fully saturated rings. The first-order valence-corrected chi connectivity index (χ1v) is 9.94. The van der Waals surface area contributed by atoms with Crippen LogP contribution in [-0.2, 0) is 14.0 Å². The highest BCUT2D eigenvalue weighted by Gasteiger charge is 2.18. The van der Waals surface area contributed by atoms with Crippen molar-refractivity contribution in [2.24, 2.45) is 0 Å². The molecule has 2 unspecified atom stereocenters. The van der Waals surface area contributed by atoms with Gasteiger partial charge in [0.25, 0.3) is 5.56 Å². The molecule has 0 aliphatic rings. The van der Waals surface area contributed by atoms with E-state index in [0.29, 0.717) is 6.61 Å². The molecule has 0 spiro atoms. The van der Waals surface area contributed by atoms with Crippen molar-refractivity contribution < 1.29 is 19.1 Å². The molecule has 9 heteroatoms. The van der Waals surface area contributed by atoms with E-state index in [9.17, 15) is 19.3 Å². The van der Waals surface area contributed by atoms with Crippen LogP contribution in [0, 0.1) is 0 Å². The summed E-state index contributed by atoms with van der Waals surface area (Å²) in [5.41, 5.74) is -1.25. The summed E-state index contributed by atoms with van der Waals surface area (Å²) < 4.78 is 23.9. The molecule has 2 atom stereocenters. The molecular weight excluding hydrogens is 335 g/mol. The van der Waals surface area contributed by atoms with Gasteiger partial charge in [0, 0.05) is 12.3 Å². The molecule has 1 aromatic rings. The Morgan fingerprint density at radius 1 is 1.46 bits per heavy atom. The van der Waals surface area contributed by atoms with Crippen LogP contribution in [-0.4, -0.2) is 53.9 Å². The third-order valence-corrected chi connectivity index (χ3v) is 3.72. The Labute approximate surface area is 139 Å². The van der Waals surface area contributed by atoms with Crippen LogP contribution >= 0.6 is 7.14 Å². The predicted octanol–water partition coefficient (Wildman–Crippen LogP) is 0.752. The van der Waals surface area contributed by atoms with Crippen molar-refractivity contribution in [1.29, 1.82) is 0 Å². The molecule has 0 saturated carbocycles. The van der Waals surface area contributed by atoms with Gasteiger partial charge in [-0.25, -0.2) is 4.79 Å². The fourth-order valence-corrected chi connectivity index (χ4v) is 2.37. The van der Waals surface area contributed by atoms with Crippen LogP contribution in [0.25, 0.3) is 0 Å². The van der Waals surface area contributed by atoms with Gasteiger partial charge in [0.2, 0.25) is 0 Å². The summed E-state index contributed by atoms with van der Waals surface area (Å²) in [6.45, 7) is 6.66. The summed E-state index contributed by atoms with van der Waals surface area (Å²) in [7, 11) is -2.41. The summed E-state index contributed by atoms with van der Waals surface area (Å²) in [6, 6.07) is 1.15. The van der Waals surface area contributed by atoms with Crippen molar-refractivity contribution in [2.45, 2.75) is 12.3 Å². The maximum atomic E-state index is 11.8. The lowest BCUT2D eigenvalue weighted by molar-refractivity contribution is -0.0873. The predicted molar refractivity (Wildman–Crippen MR) is 91.9 cm³/mol. The van der Waals surface area contributed by atoms with Gasteiger partial charge in [0.15, 0.2) is 6.23 Å². The number of H-pyrrole nitrogens is 1. The van der Waals surface area contributed by atoms with Crippen LogP contribution in [0.5, 0.6) is 0 Å². The summed E-state index contributed by atoms with van der Waals surface area (Å²) in [5.74, 6) is 1.53. The van der Waals surface area contributed by atoms with E-state index >= 15 is 0 Å². The normalized spacial score (nSPS) is 14.6. The average Bonchev–Trinajstić information content (AvgIpc) is 2.49. The zero-order valence-electron chi connectivity index (χ0n) is 13.8. The van der Waals surface area contributed by atoms with E-state index in [4.69, 9.17) is 9.47 Å². The molecule has 1 rings (SSSR count). The van der Waals surface area contributed by atoms with Gasteiger partial charge in [-0.15, -0.1) is 6.58 Å². The fourth-order valence-electron chi connectivity index (χ4n) is 1.76. The Morgan fingerprint density at radius 2 is 2.17 bits per heavy atom. The Morgan fingerprint density at radius 3 is 2.71 bits per heavy atom. The van der Waals surface area contributed by atoms with Crippen LogP contribution < -0.4 is 11.2 Å². The van der Waals surface area contributed by atoms with Crippen molar-refractivity contribution in [3.63, 3.8) is 0 Å². The number of aliphatic hydroxyl groups is 1. The maximum absolute atomic E-state index is 11.8. The zero-order valence-corrected chi connectivity index (χ0v) is 14.6. The molecule has 0 aliphatic heterocycles. The minimum Gasteiger partial charge on any atom is -0.392 e. The fraction of sp³-hybridized carbons (Fsp3) is 0.467. The molecule has 1 heterocycles. The molecular formula is C15H23N2O6P. The highest BCUT2D eigenvalue weighted by Crippen LogP contribution is 2.37. The van der Waals surface area contributed by atoms with Crippen LogP contribution in [0.15, 0.2) is 46.4 Å². The van der Waals surface area contributed by atoms with Gasteiger partial charge >= 0.3 is 5.69 Å². The first kappa shape index (κ1) is 20.3. The number of aliphatic hydroxyl groups excluding tert-OH is 1. The quantitative estimate of drug-likeness (QED) is 0.363. The maximum Gasteiger partial charge on any atom is 0.330 e. The smallest absolute Gasteiger partial charge is 0.330 e. The molecule has 0 bridgehead atoms. The van der Waals surface area contributed by atoms with Crippen molar-refractivity contribution in [2.75, 3.05) is 33.2 Å². The van der Waals surface area contributed by atoms with E-state index in [1.165, 1.54) is 12.0 Å². The van der Waals surface area contributed by atoms with Crippen LogP contribution in [0.3, 0.4) is 0 Å². The van der Waals surface area contributed by atoms with E-state index in [-0.39, 0.29) is 6.61 Å². The molecule has 134 valence electrons. The van der Waals surface area contributed by atoms with E-state index < -0.39 is 37.3 Å². The van der Waals surface area contributed by atoms with E-state index in [1.807, 2.05) is 0 Å². The molecule has 0 radical (unpaired) electrons. The monoisotopic (exact) mass is 358 g/mol. The van der Waals surface area contributed by atoms with Gasteiger partial charge in [-0.2, -0.15) is 0 Å². The molecule has 0 aromatic carbocycles. The number of nitrogens with zero attached hydrogens (tertiary/aromatic N) is 1. The third kappa shape index (κ3) is 7.23. The highest BCUT2D eigenvalue weighted by atomic mass is 31.2. The zero-order chi connectivity index (χ0) is 18.2. The topological polar surface area (TPSA) is 111 Å². The van der Waals surface area contributed by atoms with Gasteiger partial charge in [-0.05, 0) is 19.1 Å². The number of aromatic amines is 1. The second-order valence-electron chi connectivity index (χ2n) is 5.43. The van der Waals surface area contributed by atoms with Crippen LogP contribution in [0.4, 0.5) is 0 Å². The number of hydrogen-bond acceptors (Lipinski definition) is 6. The van der Waals surface area contributed by atoms with Gasteiger partial charge in [0.05, 0.1) is 19.8 Å². The minimum absolute atomic E-state index is 0.122. The van der Waals surface area contributed by atoms with Crippen LogP contribution in [0.1, 0.15) is 6.23 Å². The Balaban J connectivity index is 2.97. The van der Waals surface area contributed by atoms with Crippen molar-refractivity contribution >= 4 is 7.14 Å². The molecule has 0 amide bonds. The van der Waals surface area contributed by atoms with Gasteiger partial charge in [-0.3, -0.25) is 14.3 Å². The summed E-state index contributed by atoms with van der Waals surface area (Å²) >= 11 is 0. The Bertz CT molecular complexity index is 717. The lowest BCUT2D eigenvalue weighted by Crippen LogP contribution is -2.36. The summed E-state index contributed by atoms with van der Waals surface area (Å²) in [6.07, 6.45) is 2.71. The Kier molecular flexibility index (Phi) is 8.07. The SMILES string of the molecule is C=CCOCC(/C=C/P(C)(C)=O)OC(CO)n1ccc(=O)[nH]c1=O. The second kappa shape index (κ2) is 9.54. The standard InChI is InChI=1S/C15H23N2O6P/c1-4-8-22-11-12(6-9-24(2,3)21)23-14(10-18)17-7-5-13(19)16-15(17)20/h4-7,9,12,14,18H,1,8,10-11H2,2-3H3,(H,16,19,20)/b9-6+. The Hall–Kier alpha value is -1.73. The van der Waals surface area contributed by atoms with Crippen molar-refractivity contribution in [3.8, 4) is 0 Å². The first-order chi connectivity index (χ1) is 11.3. The number of hydrogen-bond donors (Lipinski definition) is 2. The van der Waals surface area contributed by atoms with E-state index in [2.05, 4.69) is 11.6 Å². The summed E-state index contributed by atoms with van der Waals surface area (Å²) in [5, 5.41) is 9.51. The van der Waals surface area contributed by atoms with Crippen molar-refractivity contribution in [1.82, 2.24) is 9.55 Å². The summed E-state index contributed by atoms with van der Waals surface area (Å²) in [4.78, 5) is 25.0. The number of aromatic nitrogens is 2. The number of ether oxygens (including phenoxy) is 2. The van der Waals surface area contributed by atoms with Crippen LogP contribution in [0.2, 0.25) is 0 Å². The first-order valence-electron chi connectivity index (χ1n) is 7.27. The second-order valence-corrected chi connectivity index (χ2v) is 8.60. The molecule has 0 saturated heterocycles. The van der Waals surface area contributed by atoms with Gasteiger partial charge < -0.3 is 19.1 Å². The average molecular weight is 358 g/mol. The highest BCUT2D eigenvalue weighted by molar-refractivity contribution is 7.65.